The van der Waals surface area contributed by atoms with Gasteiger partial charge >= 0.3 is 0 Å². The molecule has 1 aromatic rings. The van der Waals surface area contributed by atoms with Gasteiger partial charge in [-0.1, -0.05) is 0 Å². The van der Waals surface area contributed by atoms with Crippen LogP contribution in [0.1, 0.15) is 12.0 Å². The summed E-state index contributed by atoms with van der Waals surface area (Å²) in [5.74, 6) is -0.959. The Morgan fingerprint density at radius 1 is 1.47 bits per heavy atom. The smallest absolute Gasteiger partial charge is 0.127 e. The van der Waals surface area contributed by atoms with E-state index in [4.69, 9.17) is 10.8 Å². The third-order valence-electron chi connectivity index (χ3n) is 3.28. The van der Waals surface area contributed by atoms with Crippen molar-refractivity contribution in [2.24, 2.45) is 11.7 Å². The molecule has 0 radical (unpaired) electrons. The summed E-state index contributed by atoms with van der Waals surface area (Å²) in [6, 6.07) is 3.37. The van der Waals surface area contributed by atoms with Gasteiger partial charge in [0.1, 0.15) is 11.6 Å². The number of hydrogen-bond donors (Lipinski definition) is 2. The molecule has 4 heteroatoms. The summed E-state index contributed by atoms with van der Waals surface area (Å²) < 4.78 is 26.5. The van der Waals surface area contributed by atoms with E-state index in [9.17, 15) is 8.78 Å². The maximum absolute atomic E-state index is 13.5. The van der Waals surface area contributed by atoms with Crippen LogP contribution < -0.4 is 5.73 Å². The Balaban J connectivity index is 2.40. The molecule has 0 saturated heterocycles. The van der Waals surface area contributed by atoms with Gasteiger partial charge in [0.15, 0.2) is 0 Å². The van der Waals surface area contributed by atoms with Crippen molar-refractivity contribution < 1.29 is 13.9 Å². The van der Waals surface area contributed by atoms with Crippen LogP contribution in [0.4, 0.5) is 8.78 Å². The third kappa shape index (κ3) is 1.54. The maximum atomic E-state index is 13.5. The van der Waals surface area contributed by atoms with E-state index in [0.29, 0.717) is 12.0 Å². The molecule has 0 aliphatic heterocycles. The van der Waals surface area contributed by atoms with Gasteiger partial charge in [-0.05, 0) is 36.1 Å². The van der Waals surface area contributed by atoms with Crippen LogP contribution in [-0.2, 0) is 5.41 Å². The summed E-state index contributed by atoms with van der Waals surface area (Å²) in [5.41, 5.74) is 5.33. The van der Waals surface area contributed by atoms with Crippen LogP contribution in [0.15, 0.2) is 18.2 Å². The van der Waals surface area contributed by atoms with Gasteiger partial charge in [-0.2, -0.15) is 0 Å². The van der Waals surface area contributed by atoms with E-state index in [1.165, 1.54) is 6.07 Å². The first-order valence-electron chi connectivity index (χ1n) is 4.90. The Morgan fingerprint density at radius 2 is 2.20 bits per heavy atom. The maximum Gasteiger partial charge on any atom is 0.127 e. The lowest BCUT2D eigenvalue weighted by Crippen LogP contribution is -2.25. The Bertz CT molecular complexity index is 383. The minimum atomic E-state index is -0.555. The monoisotopic (exact) mass is 213 g/mol. The summed E-state index contributed by atoms with van der Waals surface area (Å²) >= 11 is 0. The molecule has 2 atom stereocenters. The van der Waals surface area contributed by atoms with Gasteiger partial charge in [0.25, 0.3) is 0 Å². The standard InChI is InChI=1S/C11H13F2NO/c12-8-1-2-10(13)9(3-8)11(6-14)4-7(11)5-15/h1-3,7,15H,4-6,14H2/t7-,11-/m0/s1. The average molecular weight is 213 g/mol. The van der Waals surface area contributed by atoms with Crippen LogP contribution >= 0.6 is 0 Å². The molecule has 1 saturated carbocycles. The molecule has 1 aliphatic carbocycles. The van der Waals surface area contributed by atoms with E-state index in [0.717, 1.165) is 12.1 Å². The number of hydrogen-bond acceptors (Lipinski definition) is 2. The molecule has 1 aliphatic rings. The molecule has 2 nitrogen and oxygen atoms in total. The number of benzene rings is 1. The molecule has 2 rings (SSSR count). The molecule has 0 heterocycles. The molecule has 3 N–H and O–H groups in total. The fraction of sp³-hybridized carbons (Fsp3) is 0.455. The van der Waals surface area contributed by atoms with E-state index < -0.39 is 17.0 Å². The second-order valence-electron chi connectivity index (χ2n) is 4.07. The van der Waals surface area contributed by atoms with Gasteiger partial charge in [-0.15, -0.1) is 0 Å². The first kappa shape index (κ1) is 10.5. The number of nitrogens with two attached hydrogens (primary N) is 1. The van der Waals surface area contributed by atoms with Crippen molar-refractivity contribution in [3.8, 4) is 0 Å². The highest BCUT2D eigenvalue weighted by Gasteiger charge is 2.55. The third-order valence-corrected chi connectivity index (χ3v) is 3.28. The molecule has 15 heavy (non-hydrogen) atoms. The number of halogens is 2. The van der Waals surface area contributed by atoms with Crippen molar-refractivity contribution >= 4 is 0 Å². The van der Waals surface area contributed by atoms with Crippen LogP contribution in [0.2, 0.25) is 0 Å². The van der Waals surface area contributed by atoms with E-state index >= 15 is 0 Å². The average Bonchev–Trinajstić information content (AvgIpc) is 2.96. The molecule has 1 fully saturated rings. The molecule has 82 valence electrons. The summed E-state index contributed by atoms with van der Waals surface area (Å²) in [7, 11) is 0. The summed E-state index contributed by atoms with van der Waals surface area (Å²) in [6.45, 7) is 0.200. The second-order valence-corrected chi connectivity index (χ2v) is 4.07. The molecule has 0 aromatic heterocycles. The number of aliphatic hydroxyl groups is 1. The van der Waals surface area contributed by atoms with Gasteiger partial charge in [0, 0.05) is 18.6 Å². The summed E-state index contributed by atoms with van der Waals surface area (Å²) in [4.78, 5) is 0. The quantitative estimate of drug-likeness (QED) is 0.791. The molecular weight excluding hydrogens is 200 g/mol. The SMILES string of the molecule is NC[C@@]1(c2cc(F)ccc2F)C[C@H]1CO. The molecule has 0 bridgehead atoms. The first-order valence-corrected chi connectivity index (χ1v) is 4.90. The van der Waals surface area contributed by atoms with Crippen molar-refractivity contribution in [2.75, 3.05) is 13.2 Å². The molecule has 1 aromatic carbocycles. The largest absolute Gasteiger partial charge is 0.396 e. The minimum absolute atomic E-state index is 0.0346. The lowest BCUT2D eigenvalue weighted by molar-refractivity contribution is 0.263. The van der Waals surface area contributed by atoms with Gasteiger partial charge in [-0.25, -0.2) is 8.78 Å². The Hall–Kier alpha value is -1.00. The van der Waals surface area contributed by atoms with Crippen molar-refractivity contribution in [3.05, 3.63) is 35.4 Å². The zero-order valence-corrected chi connectivity index (χ0v) is 8.21. The zero-order valence-electron chi connectivity index (χ0n) is 8.21. The van der Waals surface area contributed by atoms with Crippen LogP contribution in [0, 0.1) is 17.6 Å². The molecular formula is C11H13F2NO. The number of aliphatic hydroxyl groups excluding tert-OH is 1. The van der Waals surface area contributed by atoms with Crippen LogP contribution in [0.25, 0.3) is 0 Å². The Morgan fingerprint density at radius 3 is 2.73 bits per heavy atom. The van der Waals surface area contributed by atoms with Gasteiger partial charge in [0.05, 0.1) is 0 Å². The molecule has 0 unspecified atom stereocenters. The van der Waals surface area contributed by atoms with Crippen molar-refractivity contribution in [1.29, 1.82) is 0 Å². The van der Waals surface area contributed by atoms with E-state index in [-0.39, 0.29) is 19.1 Å². The van der Waals surface area contributed by atoms with Crippen molar-refractivity contribution in [3.63, 3.8) is 0 Å². The topological polar surface area (TPSA) is 46.2 Å². The van der Waals surface area contributed by atoms with Gasteiger partial charge in [0.2, 0.25) is 0 Å². The summed E-state index contributed by atoms with van der Waals surface area (Å²) in [6.07, 6.45) is 0.625. The highest BCUT2D eigenvalue weighted by molar-refractivity contribution is 5.36. The molecule has 0 spiro atoms. The zero-order chi connectivity index (χ0) is 11.1. The second kappa shape index (κ2) is 3.54. The summed E-state index contributed by atoms with van der Waals surface area (Å²) in [5, 5.41) is 9.02. The van der Waals surface area contributed by atoms with Crippen LogP contribution in [-0.4, -0.2) is 18.3 Å². The lowest BCUT2D eigenvalue weighted by Gasteiger charge is -2.15. The van der Waals surface area contributed by atoms with Crippen LogP contribution in [0.5, 0.6) is 0 Å². The first-order chi connectivity index (χ1) is 7.14. The van der Waals surface area contributed by atoms with Gasteiger partial charge in [-0.3, -0.25) is 0 Å². The normalized spacial score (nSPS) is 29.2. The lowest BCUT2D eigenvalue weighted by atomic mass is 9.93. The highest BCUT2D eigenvalue weighted by Crippen LogP contribution is 2.53. The number of rotatable bonds is 3. The van der Waals surface area contributed by atoms with Gasteiger partial charge < -0.3 is 10.8 Å². The predicted molar refractivity (Wildman–Crippen MR) is 52.3 cm³/mol. The highest BCUT2D eigenvalue weighted by atomic mass is 19.1. The molecule has 0 amide bonds. The van der Waals surface area contributed by atoms with Crippen molar-refractivity contribution in [1.82, 2.24) is 0 Å². The predicted octanol–water partition coefficient (Wildman–Crippen LogP) is 1.17. The van der Waals surface area contributed by atoms with Crippen LogP contribution in [0.3, 0.4) is 0 Å². The van der Waals surface area contributed by atoms with E-state index in [1.807, 2.05) is 0 Å². The Labute approximate surface area is 86.7 Å². The Kier molecular flexibility index (Phi) is 2.48. The van der Waals surface area contributed by atoms with E-state index in [1.54, 1.807) is 0 Å². The van der Waals surface area contributed by atoms with E-state index in [2.05, 4.69) is 0 Å². The van der Waals surface area contributed by atoms with Crippen molar-refractivity contribution in [2.45, 2.75) is 11.8 Å². The fourth-order valence-electron chi connectivity index (χ4n) is 2.19. The fourth-order valence-corrected chi connectivity index (χ4v) is 2.19. The minimum Gasteiger partial charge on any atom is -0.396 e.